The highest BCUT2D eigenvalue weighted by Gasteiger charge is 2.34. The van der Waals surface area contributed by atoms with Gasteiger partial charge in [0.2, 0.25) is 11.8 Å². The molecule has 42 heavy (non-hydrogen) atoms. The van der Waals surface area contributed by atoms with Crippen LogP contribution < -0.4 is 14.4 Å². The molecule has 0 aliphatic heterocycles. The lowest BCUT2D eigenvalue weighted by Gasteiger charge is -2.32. The molecule has 11 heteroatoms. The molecule has 4 rings (SSSR count). The van der Waals surface area contributed by atoms with Gasteiger partial charge in [-0.2, -0.15) is 0 Å². The molecule has 0 heterocycles. The molecule has 1 fully saturated rings. The van der Waals surface area contributed by atoms with E-state index >= 15 is 0 Å². The van der Waals surface area contributed by atoms with Gasteiger partial charge in [-0.1, -0.05) is 65.9 Å². The van der Waals surface area contributed by atoms with Crippen molar-refractivity contribution < 1.29 is 22.7 Å². The first-order chi connectivity index (χ1) is 20.0. The Morgan fingerprint density at radius 3 is 2.26 bits per heavy atom. The number of carbonyl (C=O) groups excluding carboxylic acids is 2. The van der Waals surface area contributed by atoms with Crippen molar-refractivity contribution in [2.24, 2.45) is 0 Å². The first-order valence-corrected chi connectivity index (χ1v) is 16.0. The molecule has 224 valence electrons. The lowest BCUT2D eigenvalue weighted by molar-refractivity contribution is -0.139. The molecule has 3 aromatic carbocycles. The van der Waals surface area contributed by atoms with Crippen molar-refractivity contribution in [3.05, 3.63) is 87.9 Å². The topological polar surface area (TPSA) is 96.0 Å². The van der Waals surface area contributed by atoms with Crippen LogP contribution in [0.15, 0.2) is 71.6 Å². The quantitative estimate of drug-likeness (QED) is 0.281. The van der Waals surface area contributed by atoms with Gasteiger partial charge in [0.05, 0.1) is 22.7 Å². The summed E-state index contributed by atoms with van der Waals surface area (Å²) in [7, 11) is -2.70. The van der Waals surface area contributed by atoms with E-state index in [2.05, 4.69) is 5.32 Å². The van der Waals surface area contributed by atoms with Gasteiger partial charge in [-0.3, -0.25) is 13.9 Å². The van der Waals surface area contributed by atoms with Crippen LogP contribution in [0.25, 0.3) is 0 Å². The number of carbonyl (C=O) groups is 2. The zero-order valence-electron chi connectivity index (χ0n) is 23.8. The number of methoxy groups -OCH3 is 1. The molecule has 1 N–H and O–H groups in total. The lowest BCUT2D eigenvalue weighted by Crippen LogP contribution is -2.52. The van der Waals surface area contributed by atoms with Crippen LogP contribution in [0.3, 0.4) is 0 Å². The third-order valence-electron chi connectivity index (χ3n) is 7.45. The molecule has 0 bridgehead atoms. The van der Waals surface area contributed by atoms with Crippen LogP contribution in [0.4, 0.5) is 5.69 Å². The highest BCUT2D eigenvalue weighted by Crippen LogP contribution is 2.33. The van der Waals surface area contributed by atoms with Crippen LogP contribution in [0.5, 0.6) is 5.75 Å². The number of anilines is 1. The Hall–Kier alpha value is -3.27. The standard InChI is InChI=1S/C31H35Cl2N3O5S/c1-21-8-15-27(16-9-21)42(39,40)36(29-18-24(32)12-17-28(29)33)20-30(37)35(19-23-10-13-26(41-3)14-11-23)22(2)31(38)34-25-6-4-5-7-25/h8-18,22,25H,4-7,19-20H2,1-3H3,(H,34,38). The molecule has 0 radical (unpaired) electrons. The summed E-state index contributed by atoms with van der Waals surface area (Å²) in [5, 5.41) is 3.42. The summed E-state index contributed by atoms with van der Waals surface area (Å²) in [5.74, 6) is -0.223. The highest BCUT2D eigenvalue weighted by atomic mass is 35.5. The number of aryl methyl sites for hydroxylation is 1. The molecule has 0 aromatic heterocycles. The van der Waals surface area contributed by atoms with Gasteiger partial charge in [0.1, 0.15) is 18.3 Å². The van der Waals surface area contributed by atoms with Crippen molar-refractivity contribution in [1.29, 1.82) is 0 Å². The first-order valence-electron chi connectivity index (χ1n) is 13.8. The van der Waals surface area contributed by atoms with Crippen molar-refractivity contribution in [2.75, 3.05) is 18.0 Å². The Morgan fingerprint density at radius 1 is 1.00 bits per heavy atom. The molecule has 2 amide bonds. The smallest absolute Gasteiger partial charge is 0.264 e. The molecule has 0 saturated heterocycles. The number of benzene rings is 3. The molecule has 3 aromatic rings. The summed E-state index contributed by atoms with van der Waals surface area (Å²) in [4.78, 5) is 28.8. The van der Waals surface area contributed by atoms with Crippen LogP contribution in [-0.4, -0.2) is 50.9 Å². The fourth-order valence-electron chi connectivity index (χ4n) is 4.93. The predicted octanol–water partition coefficient (Wildman–Crippen LogP) is 5.98. The van der Waals surface area contributed by atoms with Crippen LogP contribution in [0, 0.1) is 6.92 Å². The van der Waals surface area contributed by atoms with E-state index in [1.807, 2.05) is 6.92 Å². The normalized spacial score (nSPS) is 14.3. The van der Waals surface area contributed by atoms with E-state index in [1.54, 1.807) is 50.4 Å². The average molecular weight is 633 g/mol. The number of nitrogens with zero attached hydrogens (tertiary/aromatic N) is 2. The summed E-state index contributed by atoms with van der Waals surface area (Å²) in [6, 6.07) is 17.1. The number of rotatable bonds is 11. The number of sulfonamides is 1. The van der Waals surface area contributed by atoms with E-state index in [4.69, 9.17) is 27.9 Å². The third kappa shape index (κ3) is 7.56. The molecule has 0 spiro atoms. The fraction of sp³-hybridized carbons (Fsp3) is 0.355. The summed E-state index contributed by atoms with van der Waals surface area (Å²) in [5.41, 5.74) is 1.69. The maximum absolute atomic E-state index is 14.1. The maximum Gasteiger partial charge on any atom is 0.264 e. The van der Waals surface area contributed by atoms with Crippen LogP contribution >= 0.6 is 23.2 Å². The van der Waals surface area contributed by atoms with Crippen molar-refractivity contribution >= 4 is 50.7 Å². The second-order valence-corrected chi connectivity index (χ2v) is 13.2. The van der Waals surface area contributed by atoms with Gasteiger partial charge in [0, 0.05) is 17.6 Å². The molecular formula is C31H35Cl2N3O5S. The van der Waals surface area contributed by atoms with E-state index in [1.165, 1.54) is 35.2 Å². The van der Waals surface area contributed by atoms with E-state index < -0.39 is 28.5 Å². The Morgan fingerprint density at radius 2 is 1.64 bits per heavy atom. The van der Waals surface area contributed by atoms with E-state index in [0.29, 0.717) is 5.75 Å². The van der Waals surface area contributed by atoms with E-state index in [-0.39, 0.29) is 39.1 Å². The first kappa shape index (κ1) is 31.7. The largest absolute Gasteiger partial charge is 0.497 e. The van der Waals surface area contributed by atoms with Gasteiger partial charge in [0.25, 0.3) is 10.0 Å². The van der Waals surface area contributed by atoms with Crippen LogP contribution in [0.2, 0.25) is 10.0 Å². The Kier molecular flexibility index (Phi) is 10.4. The van der Waals surface area contributed by atoms with E-state index in [0.717, 1.165) is 41.1 Å². The summed E-state index contributed by atoms with van der Waals surface area (Å²) in [6.45, 7) is 2.97. The molecule has 1 aliphatic carbocycles. The molecule has 1 atom stereocenters. The van der Waals surface area contributed by atoms with Gasteiger partial charge in [-0.15, -0.1) is 0 Å². The minimum absolute atomic E-state index is 0.00864. The molecule has 1 aliphatic rings. The van der Waals surface area contributed by atoms with Crippen molar-refractivity contribution in [2.45, 2.75) is 63.1 Å². The molecular weight excluding hydrogens is 597 g/mol. The van der Waals surface area contributed by atoms with Crippen LogP contribution in [-0.2, 0) is 26.2 Å². The number of hydrogen-bond acceptors (Lipinski definition) is 5. The monoisotopic (exact) mass is 631 g/mol. The minimum atomic E-state index is -4.26. The number of ether oxygens (including phenoxy) is 1. The van der Waals surface area contributed by atoms with Crippen LogP contribution in [0.1, 0.15) is 43.7 Å². The van der Waals surface area contributed by atoms with Crippen molar-refractivity contribution in [1.82, 2.24) is 10.2 Å². The number of hydrogen-bond donors (Lipinski definition) is 1. The number of halogens is 2. The zero-order valence-corrected chi connectivity index (χ0v) is 26.2. The minimum Gasteiger partial charge on any atom is -0.497 e. The summed E-state index contributed by atoms with van der Waals surface area (Å²) >= 11 is 12.7. The van der Waals surface area contributed by atoms with Crippen molar-refractivity contribution in [3.8, 4) is 5.75 Å². The second kappa shape index (κ2) is 13.8. The summed E-state index contributed by atoms with van der Waals surface area (Å²) in [6.07, 6.45) is 3.86. The van der Waals surface area contributed by atoms with Gasteiger partial charge in [-0.05, 0) is 74.7 Å². The van der Waals surface area contributed by atoms with Gasteiger partial charge in [-0.25, -0.2) is 8.42 Å². The SMILES string of the molecule is COc1ccc(CN(C(=O)CN(c2cc(Cl)ccc2Cl)S(=O)(=O)c2ccc(C)cc2)C(C)C(=O)NC2CCCC2)cc1. The van der Waals surface area contributed by atoms with Gasteiger partial charge < -0.3 is 15.0 Å². The highest BCUT2D eigenvalue weighted by molar-refractivity contribution is 7.92. The van der Waals surface area contributed by atoms with Gasteiger partial charge >= 0.3 is 0 Å². The molecule has 1 unspecified atom stereocenters. The Bertz CT molecular complexity index is 1510. The summed E-state index contributed by atoms with van der Waals surface area (Å²) < 4.78 is 34.2. The predicted molar refractivity (Wildman–Crippen MR) is 166 cm³/mol. The average Bonchev–Trinajstić information content (AvgIpc) is 3.49. The second-order valence-electron chi connectivity index (χ2n) is 10.5. The van der Waals surface area contributed by atoms with Crippen molar-refractivity contribution in [3.63, 3.8) is 0 Å². The number of amides is 2. The molecule has 1 saturated carbocycles. The maximum atomic E-state index is 14.1. The Balaban J connectivity index is 1.71. The molecule has 8 nitrogen and oxygen atoms in total. The van der Waals surface area contributed by atoms with E-state index in [9.17, 15) is 18.0 Å². The Labute approximate surface area is 257 Å². The zero-order chi connectivity index (χ0) is 30.4. The lowest BCUT2D eigenvalue weighted by atomic mass is 10.1. The fourth-order valence-corrected chi connectivity index (χ4v) is 6.79. The van der Waals surface area contributed by atoms with Gasteiger partial charge in [0.15, 0.2) is 0 Å². The number of nitrogens with one attached hydrogen (secondary N) is 1. The third-order valence-corrected chi connectivity index (χ3v) is 9.77.